The summed E-state index contributed by atoms with van der Waals surface area (Å²) in [4.78, 5) is 0. The third-order valence-electron chi connectivity index (χ3n) is 2.26. The predicted molar refractivity (Wildman–Crippen MR) is 70.3 cm³/mol. The Balaban J connectivity index is 2.33. The summed E-state index contributed by atoms with van der Waals surface area (Å²) < 4.78 is 0. The number of nitriles is 1. The van der Waals surface area contributed by atoms with Crippen LogP contribution in [0.5, 0.6) is 0 Å². The number of nitrogens with two attached hydrogens (primary N) is 1. The first kappa shape index (κ1) is 11.3. The van der Waals surface area contributed by atoms with Crippen LogP contribution in [-0.2, 0) is 0 Å². The Labute approximate surface area is 104 Å². The molecule has 0 aliphatic carbocycles. The highest BCUT2D eigenvalue weighted by Gasteiger charge is 2.02. The highest BCUT2D eigenvalue weighted by molar-refractivity contribution is 6.33. The van der Waals surface area contributed by atoms with E-state index in [1.807, 2.05) is 12.1 Å². The average Bonchev–Trinajstić information content (AvgIpc) is 2.32. The lowest BCUT2D eigenvalue weighted by Gasteiger charge is -2.09. The number of nitrogen functional groups attached to an aromatic ring is 1. The van der Waals surface area contributed by atoms with Crippen LogP contribution in [0.3, 0.4) is 0 Å². The molecule has 84 valence electrons. The molecule has 0 aliphatic heterocycles. The van der Waals surface area contributed by atoms with Crippen LogP contribution in [0, 0.1) is 11.3 Å². The van der Waals surface area contributed by atoms with Gasteiger partial charge in [0.2, 0.25) is 0 Å². The molecule has 0 saturated heterocycles. The fourth-order valence-corrected chi connectivity index (χ4v) is 1.63. The Morgan fingerprint density at radius 1 is 1.18 bits per heavy atom. The summed E-state index contributed by atoms with van der Waals surface area (Å²) in [5.74, 6) is 0. The quantitative estimate of drug-likeness (QED) is 0.793. The molecule has 17 heavy (non-hydrogen) atoms. The van der Waals surface area contributed by atoms with Gasteiger partial charge in [-0.05, 0) is 36.4 Å². The van der Waals surface area contributed by atoms with Gasteiger partial charge in [0.25, 0.3) is 0 Å². The van der Waals surface area contributed by atoms with Gasteiger partial charge < -0.3 is 11.1 Å². The Hall–Kier alpha value is -2.18. The van der Waals surface area contributed by atoms with Gasteiger partial charge in [-0.3, -0.25) is 0 Å². The molecule has 0 saturated carbocycles. The molecule has 0 aliphatic rings. The summed E-state index contributed by atoms with van der Waals surface area (Å²) >= 11 is 6.04. The van der Waals surface area contributed by atoms with Gasteiger partial charge in [0, 0.05) is 11.4 Å². The first-order valence-electron chi connectivity index (χ1n) is 5.01. The first-order chi connectivity index (χ1) is 8.19. The van der Waals surface area contributed by atoms with Crippen LogP contribution < -0.4 is 11.1 Å². The van der Waals surface area contributed by atoms with Gasteiger partial charge in [-0.2, -0.15) is 5.26 Å². The highest BCUT2D eigenvalue weighted by Crippen LogP contribution is 2.27. The lowest BCUT2D eigenvalue weighted by Crippen LogP contribution is -1.93. The van der Waals surface area contributed by atoms with Crippen LogP contribution in [0.25, 0.3) is 0 Å². The zero-order valence-electron chi connectivity index (χ0n) is 8.94. The minimum Gasteiger partial charge on any atom is -0.399 e. The van der Waals surface area contributed by atoms with Crippen molar-refractivity contribution in [2.45, 2.75) is 0 Å². The number of rotatable bonds is 2. The molecule has 2 aromatic carbocycles. The summed E-state index contributed by atoms with van der Waals surface area (Å²) in [6.07, 6.45) is 0. The molecule has 0 bridgehead atoms. The van der Waals surface area contributed by atoms with Crippen LogP contribution in [0.1, 0.15) is 5.56 Å². The first-order valence-corrected chi connectivity index (χ1v) is 5.39. The maximum Gasteiger partial charge on any atom is 0.0992 e. The number of hydrogen-bond donors (Lipinski definition) is 2. The topological polar surface area (TPSA) is 61.8 Å². The second kappa shape index (κ2) is 4.77. The van der Waals surface area contributed by atoms with Crippen LogP contribution in [0.2, 0.25) is 5.02 Å². The molecular weight excluding hydrogens is 234 g/mol. The maximum absolute atomic E-state index is 8.82. The summed E-state index contributed by atoms with van der Waals surface area (Å²) in [6, 6.07) is 14.5. The van der Waals surface area contributed by atoms with E-state index in [-0.39, 0.29) is 0 Å². The highest BCUT2D eigenvalue weighted by atomic mass is 35.5. The van der Waals surface area contributed by atoms with E-state index in [2.05, 4.69) is 11.4 Å². The normalized spacial score (nSPS) is 9.65. The van der Waals surface area contributed by atoms with Gasteiger partial charge in [0.1, 0.15) is 0 Å². The molecule has 3 nitrogen and oxygen atoms in total. The fraction of sp³-hybridized carbons (Fsp3) is 0. The van der Waals surface area contributed by atoms with Gasteiger partial charge >= 0.3 is 0 Å². The van der Waals surface area contributed by atoms with E-state index in [4.69, 9.17) is 22.6 Å². The third-order valence-corrected chi connectivity index (χ3v) is 2.59. The van der Waals surface area contributed by atoms with E-state index in [1.54, 1.807) is 30.3 Å². The van der Waals surface area contributed by atoms with E-state index in [0.29, 0.717) is 22.0 Å². The van der Waals surface area contributed by atoms with E-state index in [0.717, 1.165) is 5.69 Å². The standard InChI is InChI=1S/C13H10ClN3/c14-12-5-4-9(8-15)6-13(12)17-11-3-1-2-10(16)7-11/h1-7,17H,16H2. The number of nitrogens with zero attached hydrogens (tertiary/aromatic N) is 1. The van der Waals surface area contributed by atoms with Crippen molar-refractivity contribution in [3.63, 3.8) is 0 Å². The van der Waals surface area contributed by atoms with E-state index in [1.165, 1.54) is 0 Å². The monoisotopic (exact) mass is 243 g/mol. The molecular formula is C13H10ClN3. The number of nitrogens with one attached hydrogen (secondary N) is 1. The summed E-state index contributed by atoms with van der Waals surface area (Å²) in [5, 5.41) is 12.5. The summed E-state index contributed by atoms with van der Waals surface area (Å²) in [5.41, 5.74) is 8.43. The average molecular weight is 244 g/mol. The number of hydrogen-bond acceptors (Lipinski definition) is 3. The SMILES string of the molecule is N#Cc1ccc(Cl)c(Nc2cccc(N)c2)c1. The smallest absolute Gasteiger partial charge is 0.0992 e. The fourth-order valence-electron chi connectivity index (χ4n) is 1.46. The van der Waals surface area contributed by atoms with Gasteiger partial charge in [-0.25, -0.2) is 0 Å². The molecule has 0 unspecified atom stereocenters. The van der Waals surface area contributed by atoms with Crippen molar-refractivity contribution >= 4 is 28.7 Å². The lowest BCUT2D eigenvalue weighted by molar-refractivity contribution is 1.47. The van der Waals surface area contributed by atoms with E-state index >= 15 is 0 Å². The zero-order chi connectivity index (χ0) is 12.3. The minimum absolute atomic E-state index is 0.556. The molecule has 0 amide bonds. The van der Waals surface area contributed by atoms with Gasteiger partial charge in [0.15, 0.2) is 0 Å². The van der Waals surface area contributed by atoms with Crippen molar-refractivity contribution in [3.05, 3.63) is 53.1 Å². The van der Waals surface area contributed by atoms with Crippen molar-refractivity contribution in [2.24, 2.45) is 0 Å². The van der Waals surface area contributed by atoms with Gasteiger partial charge in [-0.15, -0.1) is 0 Å². The van der Waals surface area contributed by atoms with Crippen molar-refractivity contribution < 1.29 is 0 Å². The van der Waals surface area contributed by atoms with Crippen molar-refractivity contribution in [2.75, 3.05) is 11.1 Å². The predicted octanol–water partition coefficient (Wildman–Crippen LogP) is 3.54. The minimum atomic E-state index is 0.556. The Kier molecular flexibility index (Phi) is 3.17. The van der Waals surface area contributed by atoms with Crippen molar-refractivity contribution in [1.29, 1.82) is 5.26 Å². The van der Waals surface area contributed by atoms with Gasteiger partial charge in [0.05, 0.1) is 22.3 Å². The Bertz CT molecular complexity index is 587. The zero-order valence-corrected chi connectivity index (χ0v) is 9.70. The van der Waals surface area contributed by atoms with Gasteiger partial charge in [-0.1, -0.05) is 17.7 Å². The maximum atomic E-state index is 8.82. The van der Waals surface area contributed by atoms with E-state index < -0.39 is 0 Å². The Morgan fingerprint density at radius 2 is 2.00 bits per heavy atom. The Morgan fingerprint density at radius 3 is 2.71 bits per heavy atom. The molecule has 0 aromatic heterocycles. The van der Waals surface area contributed by atoms with Crippen LogP contribution in [-0.4, -0.2) is 0 Å². The van der Waals surface area contributed by atoms with Crippen molar-refractivity contribution in [1.82, 2.24) is 0 Å². The molecule has 2 rings (SSSR count). The summed E-state index contributed by atoms with van der Waals surface area (Å²) in [7, 11) is 0. The largest absolute Gasteiger partial charge is 0.399 e. The molecule has 0 heterocycles. The molecule has 4 heteroatoms. The number of anilines is 3. The number of halogens is 1. The molecule has 2 aromatic rings. The van der Waals surface area contributed by atoms with Crippen LogP contribution >= 0.6 is 11.6 Å². The van der Waals surface area contributed by atoms with Crippen LogP contribution in [0.4, 0.5) is 17.1 Å². The number of benzene rings is 2. The van der Waals surface area contributed by atoms with Crippen LogP contribution in [0.15, 0.2) is 42.5 Å². The second-order valence-corrected chi connectivity index (χ2v) is 3.96. The molecule has 0 fully saturated rings. The lowest BCUT2D eigenvalue weighted by atomic mass is 10.2. The molecule has 3 N–H and O–H groups in total. The molecule has 0 spiro atoms. The third kappa shape index (κ3) is 2.68. The second-order valence-electron chi connectivity index (χ2n) is 3.56. The molecule has 0 atom stereocenters. The van der Waals surface area contributed by atoms with E-state index in [9.17, 15) is 0 Å². The summed E-state index contributed by atoms with van der Waals surface area (Å²) in [6.45, 7) is 0. The molecule has 0 radical (unpaired) electrons. The van der Waals surface area contributed by atoms with Crippen molar-refractivity contribution in [3.8, 4) is 6.07 Å².